The molecule has 140 valence electrons. The van der Waals surface area contributed by atoms with Crippen LogP contribution in [0.5, 0.6) is 0 Å². The van der Waals surface area contributed by atoms with Gasteiger partial charge in [-0.3, -0.25) is 19.1 Å². The molecule has 1 aliphatic rings. The molecule has 0 bridgehead atoms. The highest BCUT2D eigenvalue weighted by Gasteiger charge is 2.18. The molecule has 0 saturated carbocycles. The average Bonchev–Trinajstić information content (AvgIpc) is 3.32. The van der Waals surface area contributed by atoms with Crippen molar-refractivity contribution in [2.45, 2.75) is 32.6 Å². The monoisotopic (exact) mass is 384 g/mol. The van der Waals surface area contributed by atoms with Crippen molar-refractivity contribution in [1.29, 1.82) is 0 Å². The van der Waals surface area contributed by atoms with Gasteiger partial charge in [-0.1, -0.05) is 0 Å². The molecular formula is C19H20N4O3S. The summed E-state index contributed by atoms with van der Waals surface area (Å²) in [6.07, 6.45) is 2.54. The summed E-state index contributed by atoms with van der Waals surface area (Å²) in [5, 5.41) is 6.48. The number of carbonyl (C=O) groups is 1. The predicted molar refractivity (Wildman–Crippen MR) is 101 cm³/mol. The van der Waals surface area contributed by atoms with Crippen LogP contribution >= 0.6 is 11.3 Å². The first-order valence-corrected chi connectivity index (χ1v) is 9.78. The second kappa shape index (κ2) is 7.89. The number of carbonyl (C=O) groups excluding carboxylic acids is 1. The number of thiophene rings is 1. The third kappa shape index (κ3) is 4.17. The lowest BCUT2D eigenvalue weighted by Gasteiger charge is -2.18. The summed E-state index contributed by atoms with van der Waals surface area (Å²) in [5.74, 6) is 1.46. The largest absolute Gasteiger partial charge is 0.468 e. The second-order valence-electron chi connectivity index (χ2n) is 6.49. The Balaban J connectivity index is 1.49. The summed E-state index contributed by atoms with van der Waals surface area (Å²) in [5.41, 5.74) is 1.13. The topological polar surface area (TPSA) is 80.4 Å². The quantitative estimate of drug-likeness (QED) is 0.730. The molecule has 1 amide bonds. The van der Waals surface area contributed by atoms with Crippen molar-refractivity contribution in [2.24, 2.45) is 0 Å². The zero-order valence-electron chi connectivity index (χ0n) is 14.8. The third-order valence-corrected chi connectivity index (χ3v) is 5.22. The lowest BCUT2D eigenvalue weighted by Crippen LogP contribution is -2.29. The zero-order chi connectivity index (χ0) is 18.6. The Morgan fingerprint density at radius 3 is 3.04 bits per heavy atom. The van der Waals surface area contributed by atoms with Crippen LogP contribution < -0.4 is 10.9 Å². The van der Waals surface area contributed by atoms with E-state index in [-0.39, 0.29) is 18.0 Å². The Hall–Kier alpha value is -2.71. The number of hydrogen-bond donors (Lipinski definition) is 1. The van der Waals surface area contributed by atoms with Gasteiger partial charge < -0.3 is 9.73 Å². The SMILES string of the molecule is O=C(NCc1cc(=O)n2c(n1)CN(Cc1ccco1)CCC2)c1ccsc1. The van der Waals surface area contributed by atoms with Gasteiger partial charge in [0.15, 0.2) is 0 Å². The summed E-state index contributed by atoms with van der Waals surface area (Å²) in [7, 11) is 0. The minimum atomic E-state index is -0.160. The Bertz CT molecular complexity index is 964. The highest BCUT2D eigenvalue weighted by Crippen LogP contribution is 2.13. The van der Waals surface area contributed by atoms with Gasteiger partial charge in [-0.05, 0) is 30.0 Å². The maximum Gasteiger partial charge on any atom is 0.253 e. The van der Waals surface area contributed by atoms with Crippen molar-refractivity contribution in [3.05, 3.63) is 74.5 Å². The van der Waals surface area contributed by atoms with Crippen LogP contribution in [0, 0.1) is 0 Å². The Kier molecular flexibility index (Phi) is 5.17. The van der Waals surface area contributed by atoms with Gasteiger partial charge >= 0.3 is 0 Å². The van der Waals surface area contributed by atoms with E-state index in [2.05, 4.69) is 15.2 Å². The Morgan fingerprint density at radius 2 is 2.26 bits per heavy atom. The minimum absolute atomic E-state index is 0.0698. The normalized spacial score (nSPS) is 14.5. The second-order valence-corrected chi connectivity index (χ2v) is 7.27. The van der Waals surface area contributed by atoms with Gasteiger partial charge in [-0.2, -0.15) is 11.3 Å². The molecule has 0 radical (unpaired) electrons. The van der Waals surface area contributed by atoms with Gasteiger partial charge in [0.05, 0.1) is 31.6 Å². The van der Waals surface area contributed by atoms with E-state index in [1.807, 2.05) is 17.5 Å². The fourth-order valence-electron chi connectivity index (χ4n) is 3.21. The van der Waals surface area contributed by atoms with Crippen molar-refractivity contribution < 1.29 is 9.21 Å². The van der Waals surface area contributed by atoms with Crippen LogP contribution in [0.4, 0.5) is 0 Å². The van der Waals surface area contributed by atoms with E-state index in [9.17, 15) is 9.59 Å². The Morgan fingerprint density at radius 1 is 1.33 bits per heavy atom. The van der Waals surface area contributed by atoms with Crippen molar-refractivity contribution in [1.82, 2.24) is 19.8 Å². The molecule has 0 spiro atoms. The van der Waals surface area contributed by atoms with Crippen LogP contribution in [0.1, 0.15) is 34.1 Å². The number of hydrogen-bond acceptors (Lipinski definition) is 6. The fraction of sp³-hybridized carbons (Fsp3) is 0.316. The number of furan rings is 1. The number of rotatable bonds is 5. The summed E-state index contributed by atoms with van der Waals surface area (Å²) in [6, 6.07) is 7.10. The van der Waals surface area contributed by atoms with E-state index < -0.39 is 0 Å². The highest BCUT2D eigenvalue weighted by molar-refractivity contribution is 7.08. The van der Waals surface area contributed by atoms with Gasteiger partial charge in [0.1, 0.15) is 11.6 Å². The van der Waals surface area contributed by atoms with Crippen molar-refractivity contribution in [3.63, 3.8) is 0 Å². The van der Waals surface area contributed by atoms with E-state index in [1.165, 1.54) is 17.4 Å². The van der Waals surface area contributed by atoms with E-state index in [0.717, 1.165) is 24.6 Å². The minimum Gasteiger partial charge on any atom is -0.468 e. The van der Waals surface area contributed by atoms with Crippen molar-refractivity contribution >= 4 is 17.2 Å². The molecule has 1 N–H and O–H groups in total. The zero-order valence-corrected chi connectivity index (χ0v) is 15.6. The number of amides is 1. The molecule has 7 nitrogen and oxygen atoms in total. The van der Waals surface area contributed by atoms with Gasteiger partial charge in [-0.25, -0.2) is 4.98 Å². The van der Waals surface area contributed by atoms with Gasteiger partial charge in [0, 0.05) is 30.1 Å². The standard InChI is InChI=1S/C19H20N4O3S/c24-18-9-15(10-20-19(25)14-4-8-27-13-14)21-17-12-22(5-2-6-23(17)18)11-16-3-1-7-26-16/h1,3-4,7-9,13H,2,5-6,10-12H2,(H,20,25). The summed E-state index contributed by atoms with van der Waals surface area (Å²) < 4.78 is 7.16. The maximum atomic E-state index is 12.5. The lowest BCUT2D eigenvalue weighted by molar-refractivity contribution is 0.0950. The molecule has 3 aromatic heterocycles. The average molecular weight is 384 g/mol. The van der Waals surface area contributed by atoms with Crippen LogP contribution in [0.15, 0.2) is 50.5 Å². The molecular weight excluding hydrogens is 364 g/mol. The molecule has 1 aliphatic heterocycles. The lowest BCUT2D eigenvalue weighted by atomic mass is 10.3. The molecule has 3 aromatic rings. The highest BCUT2D eigenvalue weighted by atomic mass is 32.1. The van der Waals surface area contributed by atoms with E-state index in [1.54, 1.807) is 22.3 Å². The van der Waals surface area contributed by atoms with Crippen LogP contribution in [0.25, 0.3) is 0 Å². The first kappa shape index (κ1) is 17.7. The molecule has 0 unspecified atom stereocenters. The van der Waals surface area contributed by atoms with Crippen LogP contribution in [-0.4, -0.2) is 26.9 Å². The maximum absolute atomic E-state index is 12.5. The van der Waals surface area contributed by atoms with Crippen LogP contribution in [-0.2, 0) is 26.2 Å². The molecule has 0 aliphatic carbocycles. The first-order chi connectivity index (χ1) is 13.2. The summed E-state index contributed by atoms with van der Waals surface area (Å²) in [6.45, 7) is 3.01. The summed E-state index contributed by atoms with van der Waals surface area (Å²) in [4.78, 5) is 31.5. The third-order valence-electron chi connectivity index (χ3n) is 4.53. The number of fused-ring (bicyclic) bond motifs is 1. The van der Waals surface area contributed by atoms with E-state index >= 15 is 0 Å². The van der Waals surface area contributed by atoms with Gasteiger partial charge in [-0.15, -0.1) is 0 Å². The molecule has 8 heteroatoms. The number of nitrogens with zero attached hydrogens (tertiary/aromatic N) is 3. The fourth-order valence-corrected chi connectivity index (χ4v) is 3.85. The molecule has 4 heterocycles. The Labute approximate surface area is 160 Å². The van der Waals surface area contributed by atoms with Gasteiger partial charge in [0.25, 0.3) is 11.5 Å². The smallest absolute Gasteiger partial charge is 0.253 e. The van der Waals surface area contributed by atoms with Crippen LogP contribution in [0.3, 0.4) is 0 Å². The summed E-state index contributed by atoms with van der Waals surface area (Å²) >= 11 is 1.47. The molecule has 27 heavy (non-hydrogen) atoms. The van der Waals surface area contributed by atoms with Crippen LogP contribution in [0.2, 0.25) is 0 Å². The first-order valence-electron chi connectivity index (χ1n) is 8.84. The molecule has 4 rings (SSSR count). The number of aromatic nitrogens is 2. The van der Waals surface area contributed by atoms with E-state index in [0.29, 0.717) is 30.9 Å². The molecule has 0 saturated heterocycles. The molecule has 0 atom stereocenters. The molecule has 0 aromatic carbocycles. The molecule has 0 fully saturated rings. The van der Waals surface area contributed by atoms with Gasteiger partial charge in [0.2, 0.25) is 0 Å². The van der Waals surface area contributed by atoms with Crippen molar-refractivity contribution in [2.75, 3.05) is 6.54 Å². The number of nitrogens with one attached hydrogen (secondary N) is 1. The van der Waals surface area contributed by atoms with E-state index in [4.69, 9.17) is 4.42 Å². The van der Waals surface area contributed by atoms with Crippen molar-refractivity contribution in [3.8, 4) is 0 Å². The predicted octanol–water partition coefficient (Wildman–Crippen LogP) is 2.23.